The largest absolute Gasteiger partial charge is 0.361 e. The zero-order chi connectivity index (χ0) is 18.3. The van der Waals surface area contributed by atoms with Crippen molar-refractivity contribution in [3.63, 3.8) is 0 Å². The van der Waals surface area contributed by atoms with E-state index < -0.39 is 0 Å². The first-order valence-electron chi connectivity index (χ1n) is 8.92. The van der Waals surface area contributed by atoms with E-state index in [0.717, 1.165) is 53.4 Å². The van der Waals surface area contributed by atoms with Crippen LogP contribution >= 0.6 is 11.3 Å². The molecule has 1 aliphatic heterocycles. The molecule has 0 saturated carbocycles. The lowest BCUT2D eigenvalue weighted by atomic mass is 9.99. The fourth-order valence-corrected chi connectivity index (χ4v) is 4.41. The van der Waals surface area contributed by atoms with Crippen LogP contribution in [0.4, 0.5) is 5.82 Å². The number of anilines is 1. The number of amides is 1. The van der Waals surface area contributed by atoms with Gasteiger partial charge in [0.25, 0.3) is 5.91 Å². The van der Waals surface area contributed by atoms with E-state index in [1.165, 1.54) is 11.3 Å². The summed E-state index contributed by atoms with van der Waals surface area (Å²) in [6, 6.07) is 4.10. The van der Waals surface area contributed by atoms with E-state index in [1.807, 2.05) is 43.1 Å². The summed E-state index contributed by atoms with van der Waals surface area (Å²) in [5.74, 6) is 1.01. The SMILES string of the molecule is Cc1ncsc1C(=O)N1CCCC[C@H]1c1cn2cccc2c(N(C)C)n1. The van der Waals surface area contributed by atoms with Crippen molar-refractivity contribution in [1.82, 2.24) is 19.3 Å². The molecule has 0 unspecified atom stereocenters. The maximum atomic E-state index is 13.1. The van der Waals surface area contributed by atoms with Crippen LogP contribution in [-0.4, -0.2) is 45.8 Å². The Balaban J connectivity index is 1.76. The normalized spacial score (nSPS) is 17.7. The number of hydrogen-bond donors (Lipinski definition) is 0. The third-order valence-electron chi connectivity index (χ3n) is 4.98. The van der Waals surface area contributed by atoms with Crippen LogP contribution in [0.15, 0.2) is 30.0 Å². The Morgan fingerprint density at radius 2 is 2.19 bits per heavy atom. The fraction of sp³-hybridized carbons (Fsp3) is 0.421. The molecule has 6 nitrogen and oxygen atoms in total. The number of fused-ring (bicyclic) bond motifs is 1. The second kappa shape index (κ2) is 6.72. The highest BCUT2D eigenvalue weighted by Crippen LogP contribution is 2.34. The molecule has 3 aromatic heterocycles. The molecule has 4 heterocycles. The molecule has 1 fully saturated rings. The van der Waals surface area contributed by atoms with Crippen LogP contribution in [0.5, 0.6) is 0 Å². The van der Waals surface area contributed by atoms with Gasteiger partial charge in [0.05, 0.1) is 28.5 Å². The summed E-state index contributed by atoms with van der Waals surface area (Å²) < 4.78 is 2.10. The van der Waals surface area contributed by atoms with Gasteiger partial charge in [-0.05, 0) is 38.3 Å². The van der Waals surface area contributed by atoms with Gasteiger partial charge in [0.1, 0.15) is 4.88 Å². The maximum absolute atomic E-state index is 13.1. The van der Waals surface area contributed by atoms with E-state index in [4.69, 9.17) is 4.98 Å². The third-order valence-corrected chi connectivity index (χ3v) is 5.90. The average Bonchev–Trinajstić information content (AvgIpc) is 3.28. The van der Waals surface area contributed by atoms with Crippen LogP contribution in [0.2, 0.25) is 0 Å². The number of aryl methyl sites for hydroxylation is 1. The molecule has 0 spiro atoms. The van der Waals surface area contributed by atoms with Crippen molar-refractivity contribution < 1.29 is 4.79 Å². The highest BCUT2D eigenvalue weighted by Gasteiger charge is 2.32. The fourth-order valence-electron chi connectivity index (χ4n) is 3.66. The monoisotopic (exact) mass is 369 g/mol. The number of rotatable bonds is 3. The molecule has 0 radical (unpaired) electrons. The first kappa shape index (κ1) is 17.0. The molecule has 0 aromatic carbocycles. The molecule has 0 aliphatic carbocycles. The molecule has 4 rings (SSSR count). The zero-order valence-corrected chi connectivity index (χ0v) is 16.2. The molecule has 3 aromatic rings. The molecule has 0 bridgehead atoms. The molecule has 1 aliphatic rings. The average molecular weight is 369 g/mol. The minimum Gasteiger partial charge on any atom is -0.361 e. The third kappa shape index (κ3) is 2.86. The summed E-state index contributed by atoms with van der Waals surface area (Å²) in [6.07, 6.45) is 7.19. The standard InChI is InChI=1S/C19H23N5OS/c1-13-17(26-12-20-13)19(25)24-10-5-4-7-15(24)14-11-23-9-6-8-16(23)18(21-14)22(2)3/h6,8-9,11-12,15H,4-5,7,10H2,1-3H3/t15-/m0/s1. The van der Waals surface area contributed by atoms with Gasteiger partial charge in [-0.2, -0.15) is 0 Å². The number of carbonyl (C=O) groups excluding carboxylic acids is 1. The first-order chi connectivity index (χ1) is 12.6. The number of likely N-dealkylation sites (tertiary alicyclic amines) is 1. The van der Waals surface area contributed by atoms with Crippen molar-refractivity contribution in [3.8, 4) is 0 Å². The first-order valence-corrected chi connectivity index (χ1v) is 9.80. The van der Waals surface area contributed by atoms with Gasteiger partial charge in [0.15, 0.2) is 5.82 Å². The van der Waals surface area contributed by atoms with Crippen molar-refractivity contribution in [3.05, 3.63) is 46.3 Å². The molecule has 0 N–H and O–H groups in total. The van der Waals surface area contributed by atoms with Crippen LogP contribution in [0.25, 0.3) is 5.52 Å². The smallest absolute Gasteiger partial charge is 0.266 e. The van der Waals surface area contributed by atoms with E-state index in [1.54, 1.807) is 5.51 Å². The summed E-state index contributed by atoms with van der Waals surface area (Å²) in [5, 5.41) is 0. The van der Waals surface area contributed by atoms with Crippen LogP contribution in [0.3, 0.4) is 0 Å². The predicted molar refractivity (Wildman–Crippen MR) is 104 cm³/mol. The lowest BCUT2D eigenvalue weighted by Gasteiger charge is -2.35. The van der Waals surface area contributed by atoms with Gasteiger partial charge in [-0.3, -0.25) is 4.79 Å². The van der Waals surface area contributed by atoms with Crippen LogP contribution in [0, 0.1) is 6.92 Å². The molecule has 136 valence electrons. The summed E-state index contributed by atoms with van der Waals surface area (Å²) in [6.45, 7) is 2.67. The molecule has 26 heavy (non-hydrogen) atoms. The van der Waals surface area contributed by atoms with Crippen LogP contribution < -0.4 is 4.90 Å². The van der Waals surface area contributed by atoms with Crippen molar-refractivity contribution in [1.29, 1.82) is 0 Å². The Kier molecular flexibility index (Phi) is 4.40. The number of carbonyl (C=O) groups is 1. The zero-order valence-electron chi connectivity index (χ0n) is 15.3. The summed E-state index contributed by atoms with van der Waals surface area (Å²) in [7, 11) is 4.01. The number of hydrogen-bond acceptors (Lipinski definition) is 5. The molecular weight excluding hydrogens is 346 g/mol. The highest BCUT2D eigenvalue weighted by atomic mass is 32.1. The Hall–Kier alpha value is -2.41. The number of nitrogens with zero attached hydrogens (tertiary/aromatic N) is 5. The maximum Gasteiger partial charge on any atom is 0.266 e. The van der Waals surface area contributed by atoms with Gasteiger partial charge in [-0.1, -0.05) is 0 Å². The van der Waals surface area contributed by atoms with Crippen LogP contribution in [0.1, 0.15) is 46.4 Å². The van der Waals surface area contributed by atoms with Crippen molar-refractivity contribution in [2.75, 3.05) is 25.5 Å². The summed E-state index contributed by atoms with van der Waals surface area (Å²) in [5.41, 5.74) is 4.58. The lowest BCUT2D eigenvalue weighted by molar-refractivity contribution is 0.0609. The van der Waals surface area contributed by atoms with E-state index in [0.29, 0.717) is 0 Å². The van der Waals surface area contributed by atoms with Gasteiger partial charge in [-0.25, -0.2) is 9.97 Å². The highest BCUT2D eigenvalue weighted by molar-refractivity contribution is 7.11. The predicted octanol–water partition coefficient (Wildman–Crippen LogP) is 3.53. The molecule has 1 saturated heterocycles. The Morgan fingerprint density at radius 3 is 2.92 bits per heavy atom. The second-order valence-electron chi connectivity index (χ2n) is 6.96. The molecule has 1 atom stereocenters. The number of piperidine rings is 1. The Bertz CT molecular complexity index is 944. The summed E-state index contributed by atoms with van der Waals surface area (Å²) >= 11 is 1.42. The van der Waals surface area contributed by atoms with Gasteiger partial charge in [0.2, 0.25) is 0 Å². The quantitative estimate of drug-likeness (QED) is 0.709. The second-order valence-corrected chi connectivity index (χ2v) is 7.82. The summed E-state index contributed by atoms with van der Waals surface area (Å²) in [4.78, 5) is 27.1. The van der Waals surface area contributed by atoms with E-state index >= 15 is 0 Å². The number of aromatic nitrogens is 3. The minimum atomic E-state index is 0.00301. The van der Waals surface area contributed by atoms with E-state index in [9.17, 15) is 4.79 Å². The molecule has 7 heteroatoms. The van der Waals surface area contributed by atoms with Gasteiger partial charge >= 0.3 is 0 Å². The number of thiazole rings is 1. The lowest BCUT2D eigenvalue weighted by Crippen LogP contribution is -2.39. The van der Waals surface area contributed by atoms with E-state index in [-0.39, 0.29) is 11.9 Å². The van der Waals surface area contributed by atoms with Crippen molar-refractivity contribution in [2.24, 2.45) is 0 Å². The van der Waals surface area contributed by atoms with Crippen molar-refractivity contribution >= 4 is 28.6 Å². The van der Waals surface area contributed by atoms with E-state index in [2.05, 4.69) is 21.6 Å². The minimum absolute atomic E-state index is 0.00301. The van der Waals surface area contributed by atoms with Gasteiger partial charge in [0, 0.05) is 33.0 Å². The molecular formula is C19H23N5OS. The topological polar surface area (TPSA) is 53.7 Å². The Morgan fingerprint density at radius 1 is 1.35 bits per heavy atom. The van der Waals surface area contributed by atoms with Crippen LogP contribution in [-0.2, 0) is 0 Å². The Labute approximate surface area is 157 Å². The van der Waals surface area contributed by atoms with Gasteiger partial charge in [-0.15, -0.1) is 11.3 Å². The van der Waals surface area contributed by atoms with Crippen molar-refractivity contribution in [2.45, 2.75) is 32.2 Å². The molecule has 1 amide bonds. The van der Waals surface area contributed by atoms with Gasteiger partial charge < -0.3 is 14.2 Å².